The molecular formula is C20H29F2IN6O. The first-order chi connectivity index (χ1) is 14.1. The second-order valence-corrected chi connectivity index (χ2v) is 7.08. The largest absolute Gasteiger partial charge is 0.376 e. The van der Waals surface area contributed by atoms with Crippen LogP contribution in [-0.4, -0.2) is 46.5 Å². The van der Waals surface area contributed by atoms with Crippen molar-refractivity contribution in [3.8, 4) is 0 Å². The van der Waals surface area contributed by atoms with Crippen LogP contribution in [-0.2, 0) is 17.7 Å². The minimum Gasteiger partial charge on any atom is -0.376 e. The van der Waals surface area contributed by atoms with Crippen LogP contribution in [0.2, 0.25) is 0 Å². The highest BCUT2D eigenvalue weighted by Gasteiger charge is 2.16. The van der Waals surface area contributed by atoms with E-state index < -0.39 is 11.6 Å². The summed E-state index contributed by atoms with van der Waals surface area (Å²) in [6.45, 7) is 6.55. The van der Waals surface area contributed by atoms with Crippen molar-refractivity contribution in [2.45, 2.75) is 51.8 Å². The maximum Gasteiger partial charge on any atom is 0.191 e. The molecule has 0 radical (unpaired) electrons. The molecule has 1 aliphatic rings. The molecule has 166 valence electrons. The molecule has 1 aromatic carbocycles. The Kier molecular flexibility index (Phi) is 9.89. The van der Waals surface area contributed by atoms with E-state index in [4.69, 9.17) is 4.74 Å². The zero-order valence-electron chi connectivity index (χ0n) is 17.3. The first kappa shape index (κ1) is 24.4. The molecular weight excluding hydrogens is 505 g/mol. The summed E-state index contributed by atoms with van der Waals surface area (Å²) < 4.78 is 34.4. The van der Waals surface area contributed by atoms with Crippen molar-refractivity contribution in [2.75, 3.05) is 19.7 Å². The van der Waals surface area contributed by atoms with E-state index in [1.165, 1.54) is 6.07 Å². The number of hydrogen-bond donors (Lipinski definition) is 2. The zero-order chi connectivity index (χ0) is 20.6. The summed E-state index contributed by atoms with van der Waals surface area (Å²) >= 11 is 0. The number of guanidine groups is 1. The van der Waals surface area contributed by atoms with Crippen LogP contribution in [0.4, 0.5) is 8.78 Å². The van der Waals surface area contributed by atoms with Crippen molar-refractivity contribution in [2.24, 2.45) is 4.99 Å². The minimum atomic E-state index is -0.860. The Balaban J connectivity index is 0.00000320. The van der Waals surface area contributed by atoms with Gasteiger partial charge in [0.25, 0.3) is 0 Å². The lowest BCUT2D eigenvalue weighted by atomic mass is 10.1. The highest BCUT2D eigenvalue weighted by molar-refractivity contribution is 14.0. The fraction of sp³-hybridized carbons (Fsp3) is 0.550. The molecule has 0 aliphatic carbocycles. The van der Waals surface area contributed by atoms with Crippen molar-refractivity contribution in [1.29, 1.82) is 0 Å². The number of aromatic nitrogens is 3. The van der Waals surface area contributed by atoms with Gasteiger partial charge in [0.15, 0.2) is 17.6 Å². The molecule has 2 unspecified atom stereocenters. The Labute approximate surface area is 192 Å². The maximum absolute atomic E-state index is 13.6. The Morgan fingerprint density at radius 3 is 2.90 bits per heavy atom. The molecule has 0 bridgehead atoms. The molecule has 10 heteroatoms. The first-order valence-corrected chi connectivity index (χ1v) is 10.0. The van der Waals surface area contributed by atoms with Gasteiger partial charge in [-0.1, -0.05) is 13.0 Å². The molecule has 1 saturated heterocycles. The van der Waals surface area contributed by atoms with Gasteiger partial charge >= 0.3 is 0 Å². The molecule has 1 fully saturated rings. The number of benzene rings is 1. The Morgan fingerprint density at radius 1 is 1.37 bits per heavy atom. The minimum absolute atomic E-state index is 0. The monoisotopic (exact) mass is 534 g/mol. The summed E-state index contributed by atoms with van der Waals surface area (Å²) in [7, 11) is 0. The van der Waals surface area contributed by atoms with Gasteiger partial charge in [-0.3, -0.25) is 4.99 Å². The molecule has 30 heavy (non-hydrogen) atoms. The highest BCUT2D eigenvalue weighted by atomic mass is 127. The van der Waals surface area contributed by atoms with E-state index in [0.717, 1.165) is 37.8 Å². The third-order valence-electron chi connectivity index (χ3n) is 4.93. The predicted octanol–water partition coefficient (Wildman–Crippen LogP) is 3.21. The van der Waals surface area contributed by atoms with E-state index in [-0.39, 0.29) is 36.1 Å². The SMILES string of the molecule is CCc1nncn1CCNC(=NCC1CCCO1)NC(C)c1ccc(F)c(F)c1.I. The molecule has 2 heterocycles. The first-order valence-electron chi connectivity index (χ1n) is 10.0. The van der Waals surface area contributed by atoms with Gasteiger partial charge in [-0.05, 0) is 37.5 Å². The summed E-state index contributed by atoms with van der Waals surface area (Å²) in [6, 6.07) is 3.66. The maximum atomic E-state index is 13.6. The van der Waals surface area contributed by atoms with Crippen molar-refractivity contribution in [3.63, 3.8) is 0 Å². The van der Waals surface area contributed by atoms with E-state index in [2.05, 4.69) is 25.8 Å². The van der Waals surface area contributed by atoms with E-state index >= 15 is 0 Å². The Bertz CT molecular complexity index is 825. The zero-order valence-corrected chi connectivity index (χ0v) is 19.6. The summed E-state index contributed by atoms with van der Waals surface area (Å²) in [4.78, 5) is 4.63. The van der Waals surface area contributed by atoms with Crippen LogP contribution in [0, 0.1) is 11.6 Å². The summed E-state index contributed by atoms with van der Waals surface area (Å²) in [5.74, 6) is -0.190. The summed E-state index contributed by atoms with van der Waals surface area (Å²) in [5.41, 5.74) is 0.641. The van der Waals surface area contributed by atoms with Crippen LogP contribution in [0.1, 0.15) is 44.1 Å². The molecule has 7 nitrogen and oxygen atoms in total. The van der Waals surface area contributed by atoms with Gasteiger partial charge in [0.1, 0.15) is 12.2 Å². The molecule has 1 aromatic heterocycles. The molecule has 0 spiro atoms. The van der Waals surface area contributed by atoms with Gasteiger partial charge in [-0.2, -0.15) is 0 Å². The summed E-state index contributed by atoms with van der Waals surface area (Å²) in [6.07, 6.45) is 4.69. The van der Waals surface area contributed by atoms with Gasteiger partial charge in [-0.15, -0.1) is 34.2 Å². The van der Waals surface area contributed by atoms with Crippen LogP contribution in [0.5, 0.6) is 0 Å². The highest BCUT2D eigenvalue weighted by Crippen LogP contribution is 2.16. The quantitative estimate of drug-likeness (QED) is 0.309. The lowest BCUT2D eigenvalue weighted by molar-refractivity contribution is 0.117. The van der Waals surface area contributed by atoms with Crippen molar-refractivity contribution < 1.29 is 13.5 Å². The Hall–Kier alpha value is -1.82. The second kappa shape index (κ2) is 12.1. The third kappa shape index (κ3) is 6.86. The normalized spacial score (nSPS) is 17.5. The van der Waals surface area contributed by atoms with Gasteiger partial charge < -0.3 is 19.9 Å². The topological polar surface area (TPSA) is 76.4 Å². The van der Waals surface area contributed by atoms with Crippen molar-refractivity contribution in [1.82, 2.24) is 25.4 Å². The third-order valence-corrected chi connectivity index (χ3v) is 4.93. The number of aryl methyl sites for hydroxylation is 1. The molecule has 0 amide bonds. The molecule has 2 aromatic rings. The standard InChI is InChI=1S/C20H28F2N6O.HI/c1-3-19-27-25-13-28(19)9-8-23-20(24-12-16-5-4-10-29-16)26-14(2)15-6-7-17(21)18(22)11-15;/h6-7,11,13-14,16H,3-5,8-10,12H2,1-2H3,(H2,23,24,26);1H. The fourth-order valence-electron chi connectivity index (χ4n) is 3.24. The smallest absolute Gasteiger partial charge is 0.191 e. The van der Waals surface area contributed by atoms with Gasteiger partial charge in [0.05, 0.1) is 18.7 Å². The lowest BCUT2D eigenvalue weighted by Crippen LogP contribution is -2.41. The average molecular weight is 534 g/mol. The van der Waals surface area contributed by atoms with Gasteiger partial charge in [0.2, 0.25) is 0 Å². The van der Waals surface area contributed by atoms with Crippen LogP contribution in [0.15, 0.2) is 29.5 Å². The number of nitrogens with zero attached hydrogens (tertiary/aromatic N) is 4. The van der Waals surface area contributed by atoms with Crippen LogP contribution < -0.4 is 10.6 Å². The second-order valence-electron chi connectivity index (χ2n) is 7.08. The van der Waals surface area contributed by atoms with Gasteiger partial charge in [-0.25, -0.2) is 8.78 Å². The Morgan fingerprint density at radius 2 is 2.20 bits per heavy atom. The number of rotatable bonds is 8. The molecule has 2 atom stereocenters. The molecule has 1 aliphatic heterocycles. The average Bonchev–Trinajstić information content (AvgIpc) is 3.39. The van der Waals surface area contributed by atoms with Crippen LogP contribution >= 0.6 is 24.0 Å². The summed E-state index contributed by atoms with van der Waals surface area (Å²) in [5, 5.41) is 14.6. The van der Waals surface area contributed by atoms with Gasteiger partial charge in [0, 0.05) is 26.1 Å². The molecule has 3 rings (SSSR count). The number of nitrogens with one attached hydrogen (secondary N) is 2. The number of ether oxygens (including phenoxy) is 1. The van der Waals surface area contributed by atoms with Crippen LogP contribution in [0.3, 0.4) is 0 Å². The van der Waals surface area contributed by atoms with E-state index in [1.807, 2.05) is 18.4 Å². The number of halogens is 3. The lowest BCUT2D eigenvalue weighted by Gasteiger charge is -2.20. The number of aliphatic imine (C=N–C) groups is 1. The van der Waals surface area contributed by atoms with E-state index in [0.29, 0.717) is 31.2 Å². The van der Waals surface area contributed by atoms with Crippen molar-refractivity contribution >= 4 is 29.9 Å². The van der Waals surface area contributed by atoms with E-state index in [9.17, 15) is 8.78 Å². The fourth-order valence-corrected chi connectivity index (χ4v) is 3.24. The predicted molar refractivity (Wildman–Crippen MR) is 122 cm³/mol. The van der Waals surface area contributed by atoms with E-state index in [1.54, 1.807) is 12.4 Å². The van der Waals surface area contributed by atoms with Crippen LogP contribution in [0.25, 0.3) is 0 Å². The molecule has 2 N–H and O–H groups in total. The molecule has 0 saturated carbocycles. The number of hydrogen-bond acceptors (Lipinski definition) is 4. The van der Waals surface area contributed by atoms with Crippen molar-refractivity contribution in [3.05, 3.63) is 47.5 Å².